The third-order valence-corrected chi connectivity index (χ3v) is 4.22. The van der Waals surface area contributed by atoms with E-state index in [1.165, 1.54) is 24.0 Å². The highest BCUT2D eigenvalue weighted by atomic mass is 14.3. The second kappa shape index (κ2) is 4.61. The third kappa shape index (κ3) is 2.66. The fourth-order valence-electron chi connectivity index (χ4n) is 1.78. The fraction of sp³-hybridized carbons (Fsp3) is 0.625. The van der Waals surface area contributed by atoms with Crippen molar-refractivity contribution in [3.8, 4) is 0 Å². The van der Waals surface area contributed by atoms with Crippen LogP contribution in [0.3, 0.4) is 0 Å². The number of hydrogen-bond acceptors (Lipinski definition) is 0. The van der Waals surface area contributed by atoms with Gasteiger partial charge in [0.1, 0.15) is 0 Å². The molecule has 0 nitrogen and oxygen atoms in total. The van der Waals surface area contributed by atoms with Crippen molar-refractivity contribution in [3.05, 3.63) is 35.4 Å². The van der Waals surface area contributed by atoms with Gasteiger partial charge in [-0.1, -0.05) is 65.8 Å². The molecule has 0 aliphatic rings. The maximum absolute atomic E-state index is 2.31. The lowest BCUT2D eigenvalue weighted by molar-refractivity contribution is 0.496. The highest BCUT2D eigenvalue weighted by molar-refractivity contribution is 5.31. The van der Waals surface area contributed by atoms with Crippen LogP contribution in [0.15, 0.2) is 24.3 Å². The standard InChI is InChI=1S/C16H26/c1-7-15(3,4)13-9-11-14(12-10-13)16(5,6)8-2/h9-12H,7-8H2,1-6H3. The Hall–Kier alpha value is -0.780. The van der Waals surface area contributed by atoms with Gasteiger partial charge in [0.05, 0.1) is 0 Å². The van der Waals surface area contributed by atoms with Crippen LogP contribution in [0.4, 0.5) is 0 Å². The van der Waals surface area contributed by atoms with Crippen LogP contribution >= 0.6 is 0 Å². The molecule has 0 N–H and O–H groups in total. The molecule has 90 valence electrons. The summed E-state index contributed by atoms with van der Waals surface area (Å²) in [5, 5.41) is 0. The lowest BCUT2D eigenvalue weighted by atomic mass is 9.78. The molecule has 0 aliphatic carbocycles. The van der Waals surface area contributed by atoms with Crippen LogP contribution < -0.4 is 0 Å². The van der Waals surface area contributed by atoms with E-state index in [1.54, 1.807) is 0 Å². The Labute approximate surface area is 101 Å². The summed E-state index contributed by atoms with van der Waals surface area (Å²) in [5.74, 6) is 0. The molecule has 0 atom stereocenters. The zero-order chi connectivity index (χ0) is 12.4. The van der Waals surface area contributed by atoms with Gasteiger partial charge in [0.25, 0.3) is 0 Å². The molecule has 0 aliphatic heterocycles. The van der Waals surface area contributed by atoms with E-state index in [2.05, 4.69) is 65.8 Å². The summed E-state index contributed by atoms with van der Waals surface area (Å²) in [5.41, 5.74) is 3.50. The van der Waals surface area contributed by atoms with E-state index in [0.717, 1.165) is 0 Å². The van der Waals surface area contributed by atoms with Crippen LogP contribution in [0.1, 0.15) is 65.5 Å². The smallest absolute Gasteiger partial charge is 0.0106 e. The zero-order valence-electron chi connectivity index (χ0n) is 11.7. The van der Waals surface area contributed by atoms with Crippen LogP contribution in [0.5, 0.6) is 0 Å². The molecule has 0 aromatic heterocycles. The fourth-order valence-corrected chi connectivity index (χ4v) is 1.78. The van der Waals surface area contributed by atoms with Crippen molar-refractivity contribution >= 4 is 0 Å². The van der Waals surface area contributed by atoms with Crippen molar-refractivity contribution in [1.29, 1.82) is 0 Å². The first-order valence-electron chi connectivity index (χ1n) is 6.44. The summed E-state index contributed by atoms with van der Waals surface area (Å²) in [6, 6.07) is 9.21. The van der Waals surface area contributed by atoms with Gasteiger partial charge in [0, 0.05) is 0 Å². The highest BCUT2D eigenvalue weighted by Crippen LogP contribution is 2.31. The first-order chi connectivity index (χ1) is 7.33. The maximum atomic E-state index is 2.31. The molecule has 0 saturated carbocycles. The molecule has 1 aromatic rings. The predicted octanol–water partition coefficient (Wildman–Crippen LogP) is 5.06. The van der Waals surface area contributed by atoms with Gasteiger partial charge in [-0.25, -0.2) is 0 Å². The minimum Gasteiger partial charge on any atom is -0.0646 e. The Bertz CT molecular complexity index is 293. The van der Waals surface area contributed by atoms with Gasteiger partial charge in [-0.15, -0.1) is 0 Å². The second-order valence-corrected chi connectivity index (χ2v) is 6.05. The minimum absolute atomic E-state index is 0.300. The molecular formula is C16H26. The van der Waals surface area contributed by atoms with Gasteiger partial charge < -0.3 is 0 Å². The quantitative estimate of drug-likeness (QED) is 0.662. The van der Waals surface area contributed by atoms with Crippen molar-refractivity contribution in [2.75, 3.05) is 0 Å². The molecule has 0 heteroatoms. The number of hydrogen-bond donors (Lipinski definition) is 0. The third-order valence-electron chi connectivity index (χ3n) is 4.22. The van der Waals surface area contributed by atoms with E-state index >= 15 is 0 Å². The van der Waals surface area contributed by atoms with Crippen molar-refractivity contribution in [3.63, 3.8) is 0 Å². The van der Waals surface area contributed by atoms with Crippen molar-refractivity contribution in [2.24, 2.45) is 0 Å². The molecule has 0 spiro atoms. The lowest BCUT2D eigenvalue weighted by Gasteiger charge is -2.27. The Morgan fingerprint density at radius 2 is 0.938 bits per heavy atom. The highest BCUT2D eigenvalue weighted by Gasteiger charge is 2.21. The monoisotopic (exact) mass is 218 g/mol. The summed E-state index contributed by atoms with van der Waals surface area (Å²) < 4.78 is 0. The van der Waals surface area contributed by atoms with Crippen LogP contribution in [-0.2, 0) is 10.8 Å². The summed E-state index contributed by atoms with van der Waals surface area (Å²) in [6.07, 6.45) is 2.37. The van der Waals surface area contributed by atoms with Gasteiger partial charge in [-0.3, -0.25) is 0 Å². The van der Waals surface area contributed by atoms with Crippen LogP contribution in [0.25, 0.3) is 0 Å². The molecule has 0 radical (unpaired) electrons. The normalized spacial score (nSPS) is 12.9. The minimum atomic E-state index is 0.300. The van der Waals surface area contributed by atoms with E-state index in [4.69, 9.17) is 0 Å². The summed E-state index contributed by atoms with van der Waals surface area (Å²) in [6.45, 7) is 13.8. The lowest BCUT2D eigenvalue weighted by Crippen LogP contribution is -2.18. The average molecular weight is 218 g/mol. The van der Waals surface area contributed by atoms with Crippen LogP contribution in [0.2, 0.25) is 0 Å². The SMILES string of the molecule is CCC(C)(C)c1ccc(C(C)(C)CC)cc1. The molecule has 0 amide bonds. The maximum Gasteiger partial charge on any atom is -0.0106 e. The first kappa shape index (κ1) is 13.3. The molecule has 16 heavy (non-hydrogen) atoms. The average Bonchev–Trinajstić information content (AvgIpc) is 2.29. The molecular weight excluding hydrogens is 192 g/mol. The van der Waals surface area contributed by atoms with Gasteiger partial charge in [-0.2, -0.15) is 0 Å². The van der Waals surface area contributed by atoms with Crippen LogP contribution in [0, 0.1) is 0 Å². The van der Waals surface area contributed by atoms with E-state index in [9.17, 15) is 0 Å². The topological polar surface area (TPSA) is 0 Å². The molecule has 0 heterocycles. The molecule has 1 rings (SSSR count). The van der Waals surface area contributed by atoms with Crippen LogP contribution in [-0.4, -0.2) is 0 Å². The van der Waals surface area contributed by atoms with Crippen molar-refractivity contribution in [1.82, 2.24) is 0 Å². The van der Waals surface area contributed by atoms with Gasteiger partial charge >= 0.3 is 0 Å². The van der Waals surface area contributed by atoms with Gasteiger partial charge in [-0.05, 0) is 34.8 Å². The second-order valence-electron chi connectivity index (χ2n) is 6.05. The molecule has 1 aromatic carbocycles. The molecule has 0 fully saturated rings. The van der Waals surface area contributed by atoms with E-state index in [-0.39, 0.29) is 0 Å². The van der Waals surface area contributed by atoms with E-state index in [0.29, 0.717) is 10.8 Å². The molecule has 0 saturated heterocycles. The molecule has 0 unspecified atom stereocenters. The Balaban J connectivity index is 3.00. The summed E-state index contributed by atoms with van der Waals surface area (Å²) >= 11 is 0. The van der Waals surface area contributed by atoms with E-state index in [1.807, 2.05) is 0 Å². The molecule has 0 bridgehead atoms. The number of benzene rings is 1. The Morgan fingerprint density at radius 3 is 1.12 bits per heavy atom. The predicted molar refractivity (Wildman–Crippen MR) is 73.1 cm³/mol. The Kier molecular flexibility index (Phi) is 3.83. The van der Waals surface area contributed by atoms with Crippen molar-refractivity contribution in [2.45, 2.75) is 65.2 Å². The van der Waals surface area contributed by atoms with Crippen molar-refractivity contribution < 1.29 is 0 Å². The zero-order valence-corrected chi connectivity index (χ0v) is 11.7. The van der Waals surface area contributed by atoms with E-state index < -0.39 is 0 Å². The first-order valence-corrected chi connectivity index (χ1v) is 6.44. The van der Waals surface area contributed by atoms with Gasteiger partial charge in [0.2, 0.25) is 0 Å². The largest absolute Gasteiger partial charge is 0.0646 e. The summed E-state index contributed by atoms with van der Waals surface area (Å²) in [4.78, 5) is 0. The Morgan fingerprint density at radius 1 is 0.688 bits per heavy atom. The number of rotatable bonds is 4. The summed E-state index contributed by atoms with van der Waals surface area (Å²) in [7, 11) is 0. The van der Waals surface area contributed by atoms with Gasteiger partial charge in [0.15, 0.2) is 0 Å².